The second-order valence-electron chi connectivity index (χ2n) is 13.2. The summed E-state index contributed by atoms with van der Waals surface area (Å²) in [4.78, 5) is 0. The van der Waals surface area contributed by atoms with Crippen molar-refractivity contribution in [2.75, 3.05) is 0 Å². The quantitative estimate of drug-likeness (QED) is 0.138. The van der Waals surface area contributed by atoms with Crippen LogP contribution in [0.2, 0.25) is 0 Å². The minimum atomic E-state index is 0.925. The third-order valence-electron chi connectivity index (χ3n) is 10.6. The van der Waals surface area contributed by atoms with E-state index in [9.17, 15) is 0 Å². The summed E-state index contributed by atoms with van der Waals surface area (Å²) in [5.41, 5.74) is 6.90. The van der Waals surface area contributed by atoms with Crippen LogP contribution in [0.4, 0.5) is 0 Å². The molecule has 0 fully saturated rings. The molecule has 0 unspecified atom stereocenters. The fraction of sp³-hybridized carbons (Fsp3) is 0. The van der Waals surface area contributed by atoms with Gasteiger partial charge in [0.2, 0.25) is 0 Å². The molecule has 1 nitrogen and oxygen atoms in total. The van der Waals surface area contributed by atoms with Crippen molar-refractivity contribution >= 4 is 86.6 Å². The van der Waals surface area contributed by atoms with Crippen LogP contribution in [-0.4, -0.2) is 0 Å². The van der Waals surface area contributed by atoms with Crippen molar-refractivity contribution in [3.63, 3.8) is 0 Å². The lowest BCUT2D eigenvalue weighted by molar-refractivity contribution is 0.669. The Balaban J connectivity index is 1.25. The van der Waals surface area contributed by atoms with Crippen LogP contribution >= 0.6 is 0 Å². The highest BCUT2D eigenvalue weighted by molar-refractivity contribution is 6.30. The van der Waals surface area contributed by atoms with E-state index in [2.05, 4.69) is 164 Å². The van der Waals surface area contributed by atoms with Gasteiger partial charge < -0.3 is 4.42 Å². The second kappa shape index (κ2) is 10.0. The van der Waals surface area contributed by atoms with Crippen LogP contribution in [0.1, 0.15) is 0 Å². The summed E-state index contributed by atoms with van der Waals surface area (Å²) in [6.45, 7) is 0. The van der Waals surface area contributed by atoms with Gasteiger partial charge in [-0.25, -0.2) is 0 Å². The molecule has 0 bridgehead atoms. The zero-order chi connectivity index (χ0) is 32.1. The first kappa shape index (κ1) is 26.6. The summed E-state index contributed by atoms with van der Waals surface area (Å²) in [5.74, 6) is 0. The molecule has 1 aromatic heterocycles. The SMILES string of the molecule is c1ccc2c(-c3c4ccccc4c(-c4ccc5c(c4)c4ccccc4c4cc6c(cc54)oc4ccccc46)c4ccccc34)cccc2c1. The second-order valence-corrected chi connectivity index (χ2v) is 13.2. The summed E-state index contributed by atoms with van der Waals surface area (Å²) in [6.07, 6.45) is 0. The summed E-state index contributed by atoms with van der Waals surface area (Å²) >= 11 is 0. The molecule has 0 atom stereocenters. The van der Waals surface area contributed by atoms with Gasteiger partial charge in [-0.3, -0.25) is 0 Å². The summed E-state index contributed by atoms with van der Waals surface area (Å²) in [7, 11) is 0. The fourth-order valence-electron chi connectivity index (χ4n) is 8.50. The summed E-state index contributed by atoms with van der Waals surface area (Å²) < 4.78 is 6.39. The lowest BCUT2D eigenvalue weighted by atomic mass is 9.84. The van der Waals surface area contributed by atoms with E-state index in [1.165, 1.54) is 86.9 Å². The molecule has 0 radical (unpaired) electrons. The van der Waals surface area contributed by atoms with Crippen molar-refractivity contribution in [1.82, 2.24) is 0 Å². The molecule has 10 aromatic carbocycles. The first-order valence-corrected chi connectivity index (χ1v) is 16.9. The number of para-hydroxylation sites is 1. The van der Waals surface area contributed by atoms with Crippen LogP contribution in [-0.2, 0) is 0 Å². The highest BCUT2D eigenvalue weighted by Gasteiger charge is 2.19. The number of hydrogen-bond donors (Lipinski definition) is 0. The molecule has 0 aliphatic carbocycles. The van der Waals surface area contributed by atoms with Gasteiger partial charge in [0.05, 0.1) is 0 Å². The Bertz CT molecular complexity index is 3100. The molecule has 1 heteroatoms. The Morgan fingerprint density at radius 1 is 0.265 bits per heavy atom. The van der Waals surface area contributed by atoms with Crippen molar-refractivity contribution in [1.29, 1.82) is 0 Å². The van der Waals surface area contributed by atoms with E-state index in [1.54, 1.807) is 0 Å². The van der Waals surface area contributed by atoms with Crippen LogP contribution < -0.4 is 0 Å². The van der Waals surface area contributed by atoms with Crippen LogP contribution in [0.3, 0.4) is 0 Å². The van der Waals surface area contributed by atoms with E-state index in [-0.39, 0.29) is 0 Å². The molecule has 0 aliphatic heterocycles. The number of rotatable bonds is 2. The van der Waals surface area contributed by atoms with Gasteiger partial charge in [-0.05, 0) is 111 Å². The number of furan rings is 1. The molecule has 11 rings (SSSR count). The predicted molar refractivity (Wildman–Crippen MR) is 210 cm³/mol. The van der Waals surface area contributed by atoms with Crippen LogP contribution in [0.25, 0.3) is 109 Å². The first-order valence-electron chi connectivity index (χ1n) is 16.9. The predicted octanol–water partition coefficient (Wildman–Crippen LogP) is 13.8. The van der Waals surface area contributed by atoms with Crippen molar-refractivity contribution in [3.8, 4) is 22.3 Å². The smallest absolute Gasteiger partial charge is 0.136 e. The van der Waals surface area contributed by atoms with Crippen molar-refractivity contribution in [2.45, 2.75) is 0 Å². The normalized spacial score (nSPS) is 12.1. The Labute approximate surface area is 282 Å². The number of fused-ring (bicyclic) bond motifs is 12. The Morgan fingerprint density at radius 3 is 1.49 bits per heavy atom. The zero-order valence-electron chi connectivity index (χ0n) is 26.6. The molecule has 11 aromatic rings. The molecule has 0 N–H and O–H groups in total. The highest BCUT2D eigenvalue weighted by Crippen LogP contribution is 2.47. The molecule has 49 heavy (non-hydrogen) atoms. The number of hydrogen-bond acceptors (Lipinski definition) is 1. The average Bonchev–Trinajstić information content (AvgIpc) is 3.53. The monoisotopic (exact) mass is 620 g/mol. The Kier molecular flexibility index (Phi) is 5.45. The van der Waals surface area contributed by atoms with Gasteiger partial charge in [-0.2, -0.15) is 0 Å². The van der Waals surface area contributed by atoms with E-state index in [0.717, 1.165) is 21.9 Å². The third kappa shape index (κ3) is 3.76. The summed E-state index contributed by atoms with van der Waals surface area (Å²) in [6, 6.07) is 62.2. The minimum Gasteiger partial charge on any atom is -0.456 e. The van der Waals surface area contributed by atoms with Gasteiger partial charge >= 0.3 is 0 Å². The van der Waals surface area contributed by atoms with Gasteiger partial charge in [0.1, 0.15) is 11.2 Å². The lowest BCUT2D eigenvalue weighted by Gasteiger charge is -2.19. The van der Waals surface area contributed by atoms with Crippen LogP contribution in [0.5, 0.6) is 0 Å². The number of benzene rings is 10. The largest absolute Gasteiger partial charge is 0.456 e. The minimum absolute atomic E-state index is 0.925. The van der Waals surface area contributed by atoms with Gasteiger partial charge in [0, 0.05) is 10.8 Å². The zero-order valence-corrected chi connectivity index (χ0v) is 26.6. The Hall–Kier alpha value is -6.44. The van der Waals surface area contributed by atoms with E-state index in [4.69, 9.17) is 4.42 Å². The molecule has 0 amide bonds. The molecular weight excluding hydrogens is 593 g/mol. The van der Waals surface area contributed by atoms with Gasteiger partial charge in [-0.1, -0.05) is 146 Å². The van der Waals surface area contributed by atoms with Crippen molar-refractivity contribution in [3.05, 3.63) is 170 Å². The highest BCUT2D eigenvalue weighted by atomic mass is 16.3. The average molecular weight is 621 g/mol. The standard InChI is InChI=1S/C48H28O/c1-2-14-31-29(12-1)13-11-22-36(31)48-39-20-7-5-18-37(39)47(38-19-6-8-21-40(38)48)30-24-25-34-41(26-30)32-15-3-4-16-33(32)42-27-44-35-17-9-10-23-45(35)49-46(44)28-43(34)42/h1-28H. The molecule has 0 aliphatic rings. The van der Waals surface area contributed by atoms with E-state index < -0.39 is 0 Å². The molecular formula is C48H28O. The van der Waals surface area contributed by atoms with Crippen molar-refractivity contribution in [2.24, 2.45) is 0 Å². The Morgan fingerprint density at radius 2 is 0.776 bits per heavy atom. The molecule has 0 saturated heterocycles. The van der Waals surface area contributed by atoms with Crippen LogP contribution in [0.15, 0.2) is 174 Å². The topological polar surface area (TPSA) is 13.1 Å². The molecule has 0 saturated carbocycles. The maximum Gasteiger partial charge on any atom is 0.136 e. The first-order chi connectivity index (χ1) is 24.3. The molecule has 226 valence electrons. The van der Waals surface area contributed by atoms with E-state index in [0.29, 0.717) is 0 Å². The van der Waals surface area contributed by atoms with Gasteiger partial charge in [-0.15, -0.1) is 0 Å². The lowest BCUT2D eigenvalue weighted by Crippen LogP contribution is -1.92. The van der Waals surface area contributed by atoms with E-state index >= 15 is 0 Å². The maximum absolute atomic E-state index is 6.39. The summed E-state index contributed by atoms with van der Waals surface area (Å²) in [5, 5.41) is 17.4. The van der Waals surface area contributed by atoms with Gasteiger partial charge in [0.15, 0.2) is 0 Å². The van der Waals surface area contributed by atoms with Crippen LogP contribution in [0, 0.1) is 0 Å². The molecule has 1 heterocycles. The maximum atomic E-state index is 6.39. The van der Waals surface area contributed by atoms with E-state index in [1.807, 2.05) is 6.07 Å². The fourth-order valence-corrected chi connectivity index (χ4v) is 8.50. The van der Waals surface area contributed by atoms with Crippen molar-refractivity contribution < 1.29 is 4.42 Å². The molecule has 0 spiro atoms. The third-order valence-corrected chi connectivity index (χ3v) is 10.6. The van der Waals surface area contributed by atoms with Gasteiger partial charge in [0.25, 0.3) is 0 Å².